The zero-order valence-corrected chi connectivity index (χ0v) is 17.5. The summed E-state index contributed by atoms with van der Waals surface area (Å²) in [4.78, 5) is 0. The van der Waals surface area contributed by atoms with Gasteiger partial charge in [-0.15, -0.1) is 0 Å². The van der Waals surface area contributed by atoms with Crippen LogP contribution in [-0.4, -0.2) is 24.6 Å². The van der Waals surface area contributed by atoms with Crippen LogP contribution in [0.25, 0.3) is 0 Å². The van der Waals surface area contributed by atoms with E-state index in [2.05, 4.69) is 0 Å². The van der Waals surface area contributed by atoms with Gasteiger partial charge in [-0.3, -0.25) is 0 Å². The van der Waals surface area contributed by atoms with Gasteiger partial charge in [-0.2, -0.15) is 5.10 Å². The van der Waals surface area contributed by atoms with Gasteiger partial charge in [-0.25, -0.2) is 5.01 Å². The van der Waals surface area contributed by atoms with E-state index in [0.29, 0.717) is 5.02 Å². The van der Waals surface area contributed by atoms with E-state index in [9.17, 15) is 0 Å². The summed E-state index contributed by atoms with van der Waals surface area (Å²) in [5.74, 6) is 3.10. The van der Waals surface area contributed by atoms with Crippen LogP contribution in [0.5, 0.6) is 23.0 Å². The summed E-state index contributed by atoms with van der Waals surface area (Å²) in [5.41, 5.74) is 3.98. The van der Waals surface area contributed by atoms with Gasteiger partial charge in [-0.05, 0) is 48.5 Å². The average molecular weight is 435 g/mol. The minimum absolute atomic E-state index is 0.0130. The van der Waals surface area contributed by atoms with Crippen molar-refractivity contribution < 1.29 is 18.9 Å². The molecule has 2 atom stereocenters. The Kier molecular flexibility index (Phi) is 4.21. The second-order valence-electron chi connectivity index (χ2n) is 7.64. The number of fused-ring (bicyclic) bond motifs is 4. The first-order chi connectivity index (χ1) is 15.2. The number of methoxy groups -OCH3 is 1. The molecular weight excluding hydrogens is 416 g/mol. The van der Waals surface area contributed by atoms with Crippen molar-refractivity contribution in [3.8, 4) is 23.0 Å². The Morgan fingerprint density at radius 2 is 1.87 bits per heavy atom. The standard InChI is InChI=1S/C24H19ClN2O4/c1-28-17-4-2-3-15(9-17)24-27-20(18-11-16(25)6-8-21(18)31-24)12-19(26-27)14-5-7-22-23(10-14)30-13-29-22/h2-11,20,24H,12-13H2,1H3/t20-,24+/m1/s1. The average Bonchev–Trinajstić information content (AvgIpc) is 3.45. The van der Waals surface area contributed by atoms with E-state index in [4.69, 9.17) is 35.6 Å². The fraction of sp³-hybridized carbons (Fsp3) is 0.208. The van der Waals surface area contributed by atoms with Crippen molar-refractivity contribution in [1.29, 1.82) is 0 Å². The number of hydrogen-bond acceptors (Lipinski definition) is 6. The number of ether oxygens (including phenoxy) is 4. The molecule has 0 bridgehead atoms. The molecule has 31 heavy (non-hydrogen) atoms. The first-order valence-electron chi connectivity index (χ1n) is 10.1. The number of hydrogen-bond donors (Lipinski definition) is 0. The number of rotatable bonds is 3. The maximum absolute atomic E-state index is 6.40. The SMILES string of the molecule is COc1cccc([C@@H]2Oc3ccc(Cl)cc3[C@H]3CC(c4ccc5c(c4)OCO5)=NN32)c1. The van der Waals surface area contributed by atoms with Crippen LogP contribution in [0.4, 0.5) is 0 Å². The second kappa shape index (κ2) is 7.10. The van der Waals surface area contributed by atoms with Crippen LogP contribution in [0.2, 0.25) is 5.02 Å². The van der Waals surface area contributed by atoms with Crippen molar-refractivity contribution in [2.24, 2.45) is 5.10 Å². The van der Waals surface area contributed by atoms with Crippen LogP contribution >= 0.6 is 11.6 Å². The lowest BCUT2D eigenvalue weighted by Crippen LogP contribution is -2.33. The van der Waals surface area contributed by atoms with Gasteiger partial charge >= 0.3 is 0 Å². The Labute approximate surface area is 184 Å². The third kappa shape index (κ3) is 3.06. The predicted octanol–water partition coefficient (Wildman–Crippen LogP) is 5.32. The molecule has 0 aromatic heterocycles. The summed E-state index contributed by atoms with van der Waals surface area (Å²) in [7, 11) is 1.66. The highest BCUT2D eigenvalue weighted by molar-refractivity contribution is 6.30. The normalized spacial score (nSPS) is 20.6. The molecule has 3 aliphatic heterocycles. The highest BCUT2D eigenvalue weighted by Crippen LogP contribution is 2.48. The van der Waals surface area contributed by atoms with Crippen molar-refractivity contribution in [2.75, 3.05) is 13.9 Å². The fourth-order valence-corrected chi connectivity index (χ4v) is 4.50. The quantitative estimate of drug-likeness (QED) is 0.558. The number of hydrazone groups is 1. The Hall–Kier alpha value is -3.38. The maximum Gasteiger partial charge on any atom is 0.231 e. The minimum Gasteiger partial charge on any atom is -0.497 e. The molecule has 3 aliphatic rings. The Balaban J connectivity index is 1.44. The number of halogens is 1. The lowest BCUT2D eigenvalue weighted by molar-refractivity contribution is -0.0191. The van der Waals surface area contributed by atoms with Gasteiger partial charge in [0.05, 0.1) is 18.9 Å². The molecule has 156 valence electrons. The maximum atomic E-state index is 6.40. The smallest absolute Gasteiger partial charge is 0.231 e. The highest BCUT2D eigenvalue weighted by Gasteiger charge is 2.41. The topological polar surface area (TPSA) is 52.5 Å². The summed E-state index contributed by atoms with van der Waals surface area (Å²) in [6, 6.07) is 19.6. The third-order valence-corrected chi connectivity index (χ3v) is 6.07. The summed E-state index contributed by atoms with van der Waals surface area (Å²) in [6.45, 7) is 0.248. The Morgan fingerprint density at radius 1 is 1.00 bits per heavy atom. The van der Waals surface area contributed by atoms with E-state index >= 15 is 0 Å². The lowest BCUT2D eigenvalue weighted by Gasteiger charge is -2.38. The first kappa shape index (κ1) is 18.4. The van der Waals surface area contributed by atoms with Crippen LogP contribution in [0.15, 0.2) is 65.8 Å². The molecule has 0 N–H and O–H groups in total. The molecule has 0 aliphatic carbocycles. The van der Waals surface area contributed by atoms with Gasteiger partial charge in [0.25, 0.3) is 0 Å². The van der Waals surface area contributed by atoms with Crippen molar-refractivity contribution >= 4 is 17.3 Å². The molecule has 0 fully saturated rings. The van der Waals surface area contributed by atoms with E-state index in [0.717, 1.165) is 51.8 Å². The molecule has 6 rings (SSSR count). The monoisotopic (exact) mass is 434 g/mol. The largest absolute Gasteiger partial charge is 0.497 e. The van der Waals surface area contributed by atoms with Gasteiger partial charge in [0, 0.05) is 28.1 Å². The van der Waals surface area contributed by atoms with Crippen LogP contribution in [0, 0.1) is 0 Å². The molecule has 0 spiro atoms. The van der Waals surface area contributed by atoms with Gasteiger partial charge in [0.1, 0.15) is 11.5 Å². The lowest BCUT2D eigenvalue weighted by atomic mass is 9.95. The minimum atomic E-state index is -0.375. The number of nitrogens with zero attached hydrogens (tertiary/aromatic N) is 2. The van der Waals surface area contributed by atoms with Crippen LogP contribution < -0.4 is 18.9 Å². The summed E-state index contributed by atoms with van der Waals surface area (Å²) >= 11 is 6.32. The summed E-state index contributed by atoms with van der Waals surface area (Å²) < 4.78 is 22.8. The zero-order chi connectivity index (χ0) is 20.9. The van der Waals surface area contributed by atoms with Gasteiger partial charge < -0.3 is 18.9 Å². The molecule has 3 heterocycles. The molecule has 0 amide bonds. The Morgan fingerprint density at radius 3 is 2.77 bits per heavy atom. The summed E-state index contributed by atoms with van der Waals surface area (Å²) in [5, 5.41) is 7.69. The van der Waals surface area contributed by atoms with Gasteiger partial charge in [0.15, 0.2) is 11.5 Å². The number of benzene rings is 3. The fourth-order valence-electron chi connectivity index (χ4n) is 4.32. The van der Waals surface area contributed by atoms with E-state index in [1.165, 1.54) is 0 Å². The van der Waals surface area contributed by atoms with Crippen LogP contribution in [0.3, 0.4) is 0 Å². The molecule has 0 radical (unpaired) electrons. The van der Waals surface area contributed by atoms with E-state index in [-0.39, 0.29) is 19.1 Å². The molecule has 7 heteroatoms. The zero-order valence-electron chi connectivity index (χ0n) is 16.7. The Bertz CT molecular complexity index is 1210. The van der Waals surface area contributed by atoms with E-state index in [1.54, 1.807) is 7.11 Å². The molecule has 0 saturated carbocycles. The van der Waals surface area contributed by atoms with E-state index < -0.39 is 0 Å². The van der Waals surface area contributed by atoms with Crippen LogP contribution in [-0.2, 0) is 0 Å². The van der Waals surface area contributed by atoms with Crippen molar-refractivity contribution in [2.45, 2.75) is 18.7 Å². The van der Waals surface area contributed by atoms with Gasteiger partial charge in [-0.1, -0.05) is 23.7 Å². The molecule has 6 nitrogen and oxygen atoms in total. The van der Waals surface area contributed by atoms with Crippen molar-refractivity contribution in [1.82, 2.24) is 5.01 Å². The molecule has 3 aromatic rings. The van der Waals surface area contributed by atoms with Crippen molar-refractivity contribution in [3.63, 3.8) is 0 Å². The van der Waals surface area contributed by atoms with E-state index in [1.807, 2.05) is 65.7 Å². The van der Waals surface area contributed by atoms with Crippen molar-refractivity contribution in [3.05, 3.63) is 82.4 Å². The highest BCUT2D eigenvalue weighted by atomic mass is 35.5. The molecule has 0 saturated heterocycles. The van der Waals surface area contributed by atoms with Gasteiger partial charge in [0.2, 0.25) is 13.0 Å². The molecule has 3 aromatic carbocycles. The second-order valence-corrected chi connectivity index (χ2v) is 8.08. The van der Waals surface area contributed by atoms with Crippen LogP contribution in [0.1, 0.15) is 35.4 Å². The molecular formula is C24H19ClN2O4. The first-order valence-corrected chi connectivity index (χ1v) is 10.4. The predicted molar refractivity (Wildman–Crippen MR) is 116 cm³/mol. The third-order valence-electron chi connectivity index (χ3n) is 5.84. The molecule has 0 unspecified atom stereocenters. The summed E-state index contributed by atoms with van der Waals surface area (Å²) in [6.07, 6.45) is 0.358.